The average molecular weight is 207 g/mol. The molecule has 0 saturated heterocycles. The van der Waals surface area contributed by atoms with Gasteiger partial charge in [-0.25, -0.2) is 0 Å². The van der Waals surface area contributed by atoms with E-state index in [0.29, 0.717) is 5.56 Å². The van der Waals surface area contributed by atoms with Gasteiger partial charge < -0.3 is 10.4 Å². The molecular weight excluding hydrogens is 190 g/mol. The zero-order valence-corrected chi connectivity index (χ0v) is 9.16. The lowest BCUT2D eigenvalue weighted by Gasteiger charge is -2.14. The Morgan fingerprint density at radius 1 is 1.33 bits per heavy atom. The number of hydrogen-bond acceptors (Lipinski definition) is 2. The van der Waals surface area contributed by atoms with Gasteiger partial charge in [0.2, 0.25) is 0 Å². The number of benzene rings is 1. The van der Waals surface area contributed by atoms with Gasteiger partial charge in [0.15, 0.2) is 0 Å². The fourth-order valence-corrected chi connectivity index (χ4v) is 1.42. The van der Waals surface area contributed by atoms with Crippen LogP contribution in [0.15, 0.2) is 24.3 Å². The van der Waals surface area contributed by atoms with E-state index in [-0.39, 0.29) is 17.7 Å². The SMILES string of the molecule is CCC(CC)NC(=O)c1ccccc1O. The molecule has 15 heavy (non-hydrogen) atoms. The largest absolute Gasteiger partial charge is 0.507 e. The number of carbonyl (C=O) groups excluding carboxylic acids is 1. The Morgan fingerprint density at radius 3 is 2.47 bits per heavy atom. The highest BCUT2D eigenvalue weighted by atomic mass is 16.3. The van der Waals surface area contributed by atoms with Gasteiger partial charge in [0.05, 0.1) is 5.56 Å². The van der Waals surface area contributed by atoms with Crippen LogP contribution in [0.3, 0.4) is 0 Å². The van der Waals surface area contributed by atoms with Crippen molar-refractivity contribution in [2.24, 2.45) is 0 Å². The first-order chi connectivity index (χ1) is 7.19. The fraction of sp³-hybridized carbons (Fsp3) is 0.417. The van der Waals surface area contributed by atoms with Gasteiger partial charge in [0.1, 0.15) is 5.75 Å². The lowest BCUT2D eigenvalue weighted by atomic mass is 10.1. The molecule has 0 heterocycles. The number of amides is 1. The third-order valence-electron chi connectivity index (χ3n) is 2.47. The summed E-state index contributed by atoms with van der Waals surface area (Å²) in [7, 11) is 0. The maximum atomic E-state index is 11.7. The highest BCUT2D eigenvalue weighted by Gasteiger charge is 2.13. The maximum Gasteiger partial charge on any atom is 0.255 e. The van der Waals surface area contributed by atoms with E-state index in [2.05, 4.69) is 5.32 Å². The Kier molecular flexibility index (Phi) is 4.16. The minimum absolute atomic E-state index is 0.0287. The van der Waals surface area contributed by atoms with Crippen LogP contribution in [0.4, 0.5) is 0 Å². The van der Waals surface area contributed by atoms with E-state index in [1.807, 2.05) is 13.8 Å². The number of para-hydroxylation sites is 1. The molecule has 0 aromatic heterocycles. The van der Waals surface area contributed by atoms with Crippen LogP contribution in [-0.4, -0.2) is 17.1 Å². The molecule has 0 saturated carbocycles. The third kappa shape index (κ3) is 2.98. The highest BCUT2D eigenvalue weighted by Crippen LogP contribution is 2.15. The molecule has 0 fully saturated rings. The van der Waals surface area contributed by atoms with E-state index in [9.17, 15) is 9.90 Å². The van der Waals surface area contributed by atoms with Crippen molar-refractivity contribution in [2.75, 3.05) is 0 Å². The summed E-state index contributed by atoms with van der Waals surface area (Å²) in [5.41, 5.74) is 0.337. The first-order valence-corrected chi connectivity index (χ1v) is 5.27. The quantitative estimate of drug-likeness (QED) is 0.796. The first-order valence-electron chi connectivity index (χ1n) is 5.27. The minimum atomic E-state index is -0.207. The van der Waals surface area contributed by atoms with E-state index in [1.54, 1.807) is 18.2 Å². The second-order valence-electron chi connectivity index (χ2n) is 3.50. The van der Waals surface area contributed by atoms with E-state index < -0.39 is 0 Å². The number of nitrogens with one attached hydrogen (secondary N) is 1. The predicted molar refractivity (Wildman–Crippen MR) is 59.9 cm³/mol. The molecule has 1 aromatic rings. The van der Waals surface area contributed by atoms with Crippen LogP contribution >= 0.6 is 0 Å². The molecule has 3 heteroatoms. The van der Waals surface area contributed by atoms with Crippen molar-refractivity contribution in [2.45, 2.75) is 32.7 Å². The van der Waals surface area contributed by atoms with Crippen molar-refractivity contribution in [3.63, 3.8) is 0 Å². The summed E-state index contributed by atoms with van der Waals surface area (Å²) < 4.78 is 0. The van der Waals surface area contributed by atoms with Crippen molar-refractivity contribution in [1.82, 2.24) is 5.32 Å². The Morgan fingerprint density at radius 2 is 1.93 bits per heavy atom. The maximum absolute atomic E-state index is 11.7. The minimum Gasteiger partial charge on any atom is -0.507 e. The lowest BCUT2D eigenvalue weighted by molar-refractivity contribution is 0.0932. The Labute approximate surface area is 90.1 Å². The van der Waals surface area contributed by atoms with E-state index in [0.717, 1.165) is 12.8 Å². The summed E-state index contributed by atoms with van der Waals surface area (Å²) >= 11 is 0. The summed E-state index contributed by atoms with van der Waals surface area (Å²) in [6.07, 6.45) is 1.80. The Hall–Kier alpha value is -1.51. The number of aromatic hydroxyl groups is 1. The second kappa shape index (κ2) is 5.39. The van der Waals surface area contributed by atoms with Crippen LogP contribution in [0, 0.1) is 0 Å². The monoisotopic (exact) mass is 207 g/mol. The molecule has 1 aromatic carbocycles. The predicted octanol–water partition coefficient (Wildman–Crippen LogP) is 2.31. The number of phenolic OH excluding ortho intramolecular Hbond substituents is 1. The molecule has 0 spiro atoms. The normalized spacial score (nSPS) is 10.3. The number of hydrogen-bond donors (Lipinski definition) is 2. The summed E-state index contributed by atoms with van der Waals surface area (Å²) in [5.74, 6) is -0.178. The molecular formula is C12H17NO2. The van der Waals surface area contributed by atoms with Crippen molar-refractivity contribution in [3.8, 4) is 5.75 Å². The van der Waals surface area contributed by atoms with Crippen LogP contribution in [0.5, 0.6) is 5.75 Å². The topological polar surface area (TPSA) is 49.3 Å². The van der Waals surface area contributed by atoms with Gasteiger partial charge in [0, 0.05) is 6.04 Å². The average Bonchev–Trinajstić information content (AvgIpc) is 2.26. The fourth-order valence-electron chi connectivity index (χ4n) is 1.42. The first kappa shape index (κ1) is 11.6. The molecule has 0 unspecified atom stereocenters. The summed E-state index contributed by atoms with van der Waals surface area (Å²) in [6.45, 7) is 4.05. The van der Waals surface area contributed by atoms with Crippen molar-refractivity contribution < 1.29 is 9.90 Å². The van der Waals surface area contributed by atoms with Gasteiger partial charge in [-0.05, 0) is 25.0 Å². The standard InChI is InChI=1S/C12H17NO2/c1-3-9(4-2)13-12(15)10-7-5-6-8-11(10)14/h5-9,14H,3-4H2,1-2H3,(H,13,15). The number of phenols is 1. The van der Waals surface area contributed by atoms with Crippen LogP contribution < -0.4 is 5.32 Å². The van der Waals surface area contributed by atoms with Crippen molar-refractivity contribution in [1.29, 1.82) is 0 Å². The molecule has 0 radical (unpaired) electrons. The molecule has 82 valence electrons. The van der Waals surface area contributed by atoms with Crippen LogP contribution in [-0.2, 0) is 0 Å². The Balaban J connectivity index is 2.73. The van der Waals surface area contributed by atoms with Crippen molar-refractivity contribution >= 4 is 5.91 Å². The van der Waals surface area contributed by atoms with Gasteiger partial charge in [-0.2, -0.15) is 0 Å². The number of carbonyl (C=O) groups is 1. The molecule has 0 atom stereocenters. The van der Waals surface area contributed by atoms with Gasteiger partial charge in [-0.3, -0.25) is 4.79 Å². The van der Waals surface area contributed by atoms with E-state index in [4.69, 9.17) is 0 Å². The third-order valence-corrected chi connectivity index (χ3v) is 2.47. The number of rotatable bonds is 4. The van der Waals surface area contributed by atoms with Crippen LogP contribution in [0.2, 0.25) is 0 Å². The van der Waals surface area contributed by atoms with Gasteiger partial charge in [-0.1, -0.05) is 26.0 Å². The summed E-state index contributed by atoms with van der Waals surface area (Å²) in [4.78, 5) is 11.7. The molecule has 1 amide bonds. The highest BCUT2D eigenvalue weighted by molar-refractivity contribution is 5.96. The smallest absolute Gasteiger partial charge is 0.255 e. The second-order valence-corrected chi connectivity index (χ2v) is 3.50. The van der Waals surface area contributed by atoms with Gasteiger partial charge >= 0.3 is 0 Å². The van der Waals surface area contributed by atoms with Gasteiger partial charge in [0.25, 0.3) is 5.91 Å². The molecule has 0 aliphatic rings. The molecule has 0 aliphatic heterocycles. The lowest BCUT2D eigenvalue weighted by Crippen LogP contribution is -2.33. The van der Waals surface area contributed by atoms with Crippen LogP contribution in [0.25, 0.3) is 0 Å². The van der Waals surface area contributed by atoms with Gasteiger partial charge in [-0.15, -0.1) is 0 Å². The molecule has 0 aliphatic carbocycles. The molecule has 2 N–H and O–H groups in total. The van der Waals surface area contributed by atoms with E-state index in [1.165, 1.54) is 6.07 Å². The zero-order chi connectivity index (χ0) is 11.3. The Bertz CT molecular complexity index is 332. The zero-order valence-electron chi connectivity index (χ0n) is 9.16. The van der Waals surface area contributed by atoms with E-state index >= 15 is 0 Å². The molecule has 0 bridgehead atoms. The van der Waals surface area contributed by atoms with Crippen LogP contribution in [0.1, 0.15) is 37.0 Å². The molecule has 1 rings (SSSR count). The molecule has 3 nitrogen and oxygen atoms in total. The summed E-state index contributed by atoms with van der Waals surface area (Å²) in [5, 5.41) is 12.4. The van der Waals surface area contributed by atoms with Crippen molar-refractivity contribution in [3.05, 3.63) is 29.8 Å². The summed E-state index contributed by atoms with van der Waals surface area (Å²) in [6, 6.07) is 6.75.